The fraction of sp³-hybridized carbons (Fsp3) is 0.263. The van der Waals surface area contributed by atoms with Gasteiger partial charge in [-0.25, -0.2) is 4.79 Å². The zero-order valence-corrected chi connectivity index (χ0v) is 13.9. The lowest BCUT2D eigenvalue weighted by molar-refractivity contribution is -0.115. The molecule has 0 heterocycles. The Bertz CT molecular complexity index is 758. The summed E-state index contributed by atoms with van der Waals surface area (Å²) >= 11 is 0. The average molecular weight is 311 g/mol. The van der Waals surface area contributed by atoms with Crippen LogP contribution in [0.1, 0.15) is 38.2 Å². The Kier molecular flexibility index (Phi) is 4.84. The molecule has 0 spiro atoms. The van der Waals surface area contributed by atoms with Gasteiger partial charge in [0, 0.05) is 5.69 Å². The van der Waals surface area contributed by atoms with Gasteiger partial charge in [0.25, 0.3) is 0 Å². The largest absolute Gasteiger partial charge is 0.478 e. The number of anilines is 1. The monoisotopic (exact) mass is 311 g/mol. The van der Waals surface area contributed by atoms with Gasteiger partial charge in [-0.05, 0) is 61.6 Å². The summed E-state index contributed by atoms with van der Waals surface area (Å²) in [5, 5.41) is 12.0. The molecule has 0 saturated heterocycles. The molecule has 4 nitrogen and oxygen atoms in total. The van der Waals surface area contributed by atoms with Crippen LogP contribution in [0.25, 0.3) is 0 Å². The topological polar surface area (TPSA) is 66.4 Å². The molecular formula is C19H21NO3. The molecular weight excluding hydrogens is 290 g/mol. The van der Waals surface area contributed by atoms with Crippen molar-refractivity contribution in [3.63, 3.8) is 0 Å². The van der Waals surface area contributed by atoms with Gasteiger partial charge >= 0.3 is 5.97 Å². The highest BCUT2D eigenvalue weighted by molar-refractivity contribution is 5.96. The molecule has 2 N–H and O–H groups in total. The maximum absolute atomic E-state index is 12.3. The van der Waals surface area contributed by atoms with Crippen LogP contribution in [-0.2, 0) is 11.2 Å². The fourth-order valence-electron chi connectivity index (χ4n) is 2.70. The molecule has 0 unspecified atom stereocenters. The highest BCUT2D eigenvalue weighted by Crippen LogP contribution is 2.22. The second kappa shape index (κ2) is 6.65. The summed E-state index contributed by atoms with van der Waals surface area (Å²) in [6.07, 6.45) is 0.272. The molecule has 0 radical (unpaired) electrons. The molecule has 0 atom stereocenters. The van der Waals surface area contributed by atoms with Crippen LogP contribution in [0.5, 0.6) is 0 Å². The smallest absolute Gasteiger partial charge is 0.336 e. The lowest BCUT2D eigenvalue weighted by atomic mass is 9.99. The van der Waals surface area contributed by atoms with E-state index in [1.807, 2.05) is 39.0 Å². The number of rotatable bonds is 4. The standard InChI is InChI=1S/C19H21NO3/c1-11-6-5-7-12(2)15(11)10-18(21)20-17-9-16(19(22)23)13(3)8-14(17)4/h5-9H,10H2,1-4H3,(H,20,21)(H,22,23). The van der Waals surface area contributed by atoms with Gasteiger partial charge in [0.05, 0.1) is 12.0 Å². The zero-order valence-electron chi connectivity index (χ0n) is 13.9. The number of nitrogens with one attached hydrogen (secondary N) is 1. The van der Waals surface area contributed by atoms with E-state index in [1.165, 1.54) is 6.07 Å². The third-order valence-corrected chi connectivity index (χ3v) is 4.06. The van der Waals surface area contributed by atoms with E-state index in [-0.39, 0.29) is 17.9 Å². The van der Waals surface area contributed by atoms with E-state index in [2.05, 4.69) is 5.32 Å². The van der Waals surface area contributed by atoms with Crippen molar-refractivity contribution in [1.82, 2.24) is 0 Å². The van der Waals surface area contributed by atoms with E-state index in [1.54, 1.807) is 13.0 Å². The van der Waals surface area contributed by atoms with Gasteiger partial charge in [-0.1, -0.05) is 24.3 Å². The summed E-state index contributed by atoms with van der Waals surface area (Å²) < 4.78 is 0. The molecule has 2 rings (SSSR count). The van der Waals surface area contributed by atoms with Gasteiger partial charge in [0.1, 0.15) is 0 Å². The maximum Gasteiger partial charge on any atom is 0.336 e. The number of amides is 1. The number of benzene rings is 2. The normalized spacial score (nSPS) is 10.4. The number of hydrogen-bond acceptors (Lipinski definition) is 2. The lowest BCUT2D eigenvalue weighted by Crippen LogP contribution is -2.17. The number of carbonyl (C=O) groups is 2. The minimum atomic E-state index is -0.993. The first-order valence-corrected chi connectivity index (χ1v) is 7.49. The molecule has 0 bridgehead atoms. The minimum Gasteiger partial charge on any atom is -0.478 e. The second-order valence-corrected chi connectivity index (χ2v) is 5.88. The first kappa shape index (κ1) is 16.7. The van der Waals surface area contributed by atoms with Crippen molar-refractivity contribution in [3.05, 3.63) is 63.7 Å². The average Bonchev–Trinajstić information content (AvgIpc) is 2.45. The first-order valence-electron chi connectivity index (χ1n) is 7.49. The predicted molar refractivity (Wildman–Crippen MR) is 91.1 cm³/mol. The Morgan fingerprint density at radius 2 is 1.57 bits per heavy atom. The highest BCUT2D eigenvalue weighted by Gasteiger charge is 2.14. The van der Waals surface area contributed by atoms with Crippen LogP contribution in [-0.4, -0.2) is 17.0 Å². The number of carbonyl (C=O) groups excluding carboxylic acids is 1. The predicted octanol–water partition coefficient (Wildman–Crippen LogP) is 3.80. The number of aromatic carboxylic acids is 1. The van der Waals surface area contributed by atoms with Crippen LogP contribution < -0.4 is 5.32 Å². The SMILES string of the molecule is Cc1cc(C)c(C(=O)O)cc1NC(=O)Cc1c(C)cccc1C. The fourth-order valence-corrected chi connectivity index (χ4v) is 2.70. The van der Waals surface area contributed by atoms with Gasteiger partial charge in [0.15, 0.2) is 0 Å². The van der Waals surface area contributed by atoms with Gasteiger partial charge < -0.3 is 10.4 Å². The summed E-state index contributed by atoms with van der Waals surface area (Å²) in [4.78, 5) is 23.6. The van der Waals surface area contributed by atoms with E-state index >= 15 is 0 Å². The van der Waals surface area contributed by atoms with Gasteiger partial charge in [0.2, 0.25) is 5.91 Å². The summed E-state index contributed by atoms with van der Waals surface area (Å²) in [5.41, 5.74) is 5.44. The summed E-state index contributed by atoms with van der Waals surface area (Å²) in [7, 11) is 0. The third kappa shape index (κ3) is 3.77. The molecule has 2 aromatic rings. The number of hydrogen-bond donors (Lipinski definition) is 2. The van der Waals surface area contributed by atoms with Gasteiger partial charge in [-0.15, -0.1) is 0 Å². The molecule has 23 heavy (non-hydrogen) atoms. The van der Waals surface area contributed by atoms with Crippen molar-refractivity contribution < 1.29 is 14.7 Å². The van der Waals surface area contributed by atoms with E-state index in [0.29, 0.717) is 11.3 Å². The number of carboxylic acids is 1. The van der Waals surface area contributed by atoms with E-state index in [4.69, 9.17) is 0 Å². The Labute approximate surface area is 136 Å². The van der Waals surface area contributed by atoms with E-state index in [9.17, 15) is 14.7 Å². The summed E-state index contributed by atoms with van der Waals surface area (Å²) in [5.74, 6) is -1.14. The zero-order chi connectivity index (χ0) is 17.1. The van der Waals surface area contributed by atoms with Crippen LogP contribution >= 0.6 is 0 Å². The summed E-state index contributed by atoms with van der Waals surface area (Å²) in [6.45, 7) is 7.57. The van der Waals surface area contributed by atoms with Gasteiger partial charge in [-0.2, -0.15) is 0 Å². The van der Waals surface area contributed by atoms with Crippen molar-refractivity contribution in [2.75, 3.05) is 5.32 Å². The maximum atomic E-state index is 12.3. The molecule has 0 aliphatic rings. The number of carboxylic acid groups (broad SMARTS) is 1. The van der Waals surface area contributed by atoms with Crippen LogP contribution in [0.4, 0.5) is 5.69 Å². The van der Waals surface area contributed by atoms with Crippen LogP contribution in [0, 0.1) is 27.7 Å². The van der Waals surface area contributed by atoms with Gasteiger partial charge in [-0.3, -0.25) is 4.79 Å². The quantitative estimate of drug-likeness (QED) is 0.902. The summed E-state index contributed by atoms with van der Waals surface area (Å²) in [6, 6.07) is 9.23. The van der Waals surface area contributed by atoms with E-state index in [0.717, 1.165) is 22.3 Å². The third-order valence-electron chi connectivity index (χ3n) is 4.06. The highest BCUT2D eigenvalue weighted by atomic mass is 16.4. The van der Waals surface area contributed by atoms with Crippen LogP contribution in [0.15, 0.2) is 30.3 Å². The molecule has 1 amide bonds. The molecule has 0 aromatic heterocycles. The molecule has 4 heteroatoms. The molecule has 2 aromatic carbocycles. The lowest BCUT2D eigenvalue weighted by Gasteiger charge is -2.13. The molecule has 120 valence electrons. The Morgan fingerprint density at radius 3 is 2.13 bits per heavy atom. The van der Waals surface area contributed by atoms with Crippen molar-refractivity contribution in [2.45, 2.75) is 34.1 Å². The van der Waals surface area contributed by atoms with Crippen LogP contribution in [0.2, 0.25) is 0 Å². The van der Waals surface area contributed by atoms with E-state index < -0.39 is 5.97 Å². The number of aryl methyl sites for hydroxylation is 4. The Balaban J connectivity index is 2.24. The minimum absolute atomic E-state index is 0.148. The van der Waals surface area contributed by atoms with Crippen LogP contribution in [0.3, 0.4) is 0 Å². The van der Waals surface area contributed by atoms with Crippen molar-refractivity contribution in [3.8, 4) is 0 Å². The molecule has 0 fully saturated rings. The Hall–Kier alpha value is -2.62. The van der Waals surface area contributed by atoms with Crippen molar-refractivity contribution in [1.29, 1.82) is 0 Å². The van der Waals surface area contributed by atoms with Crippen molar-refractivity contribution >= 4 is 17.6 Å². The second-order valence-electron chi connectivity index (χ2n) is 5.88. The molecule has 0 aliphatic heterocycles. The van der Waals surface area contributed by atoms with Crippen molar-refractivity contribution in [2.24, 2.45) is 0 Å². The first-order chi connectivity index (χ1) is 10.8. The molecule has 0 saturated carbocycles. The molecule has 0 aliphatic carbocycles. The Morgan fingerprint density at radius 1 is 0.957 bits per heavy atom.